The van der Waals surface area contributed by atoms with E-state index < -0.39 is 5.91 Å². The van der Waals surface area contributed by atoms with Crippen LogP contribution in [0.1, 0.15) is 42.1 Å². The third-order valence-electron chi connectivity index (χ3n) is 5.30. The molecule has 2 amide bonds. The van der Waals surface area contributed by atoms with Gasteiger partial charge in [0.25, 0.3) is 5.91 Å². The van der Waals surface area contributed by atoms with Crippen molar-refractivity contribution >= 4 is 23.1 Å². The van der Waals surface area contributed by atoms with Crippen LogP contribution in [0.15, 0.2) is 42.5 Å². The first kappa shape index (κ1) is 22.3. The number of piperidine rings is 1. The molecule has 1 heterocycles. The molecule has 1 aliphatic rings. The second-order valence-electron chi connectivity index (χ2n) is 7.43. The fourth-order valence-corrected chi connectivity index (χ4v) is 3.59. The lowest BCUT2D eigenvalue weighted by Gasteiger charge is -2.28. The van der Waals surface area contributed by atoms with Crippen molar-refractivity contribution in [2.24, 2.45) is 0 Å². The zero-order valence-electron chi connectivity index (χ0n) is 18.0. The predicted molar refractivity (Wildman–Crippen MR) is 118 cm³/mol. The number of hydrogen-bond donors (Lipinski definition) is 1. The Morgan fingerprint density at radius 2 is 1.61 bits per heavy atom. The van der Waals surface area contributed by atoms with Crippen LogP contribution in [0.2, 0.25) is 0 Å². The van der Waals surface area contributed by atoms with E-state index in [0.717, 1.165) is 24.8 Å². The van der Waals surface area contributed by atoms with Gasteiger partial charge in [0, 0.05) is 25.2 Å². The number of hydrogen-bond acceptors (Lipinski definition) is 4. The van der Waals surface area contributed by atoms with E-state index in [1.807, 2.05) is 0 Å². The molecule has 2 aromatic carbocycles. The zero-order chi connectivity index (χ0) is 22.4. The molecule has 1 aliphatic heterocycles. The van der Waals surface area contributed by atoms with Crippen LogP contribution in [-0.2, 0) is 4.79 Å². The van der Waals surface area contributed by atoms with E-state index in [-0.39, 0.29) is 11.7 Å². The summed E-state index contributed by atoms with van der Waals surface area (Å²) in [6.45, 7) is 3.13. The average molecular weight is 426 g/mol. The van der Waals surface area contributed by atoms with Crippen molar-refractivity contribution in [1.82, 2.24) is 4.90 Å². The molecule has 0 aromatic heterocycles. The number of nitrogens with one attached hydrogen (secondary N) is 1. The zero-order valence-corrected chi connectivity index (χ0v) is 18.0. The largest absolute Gasteiger partial charge is 0.493 e. The summed E-state index contributed by atoms with van der Waals surface area (Å²) >= 11 is 0. The number of carbonyl (C=O) groups excluding carboxylic acids is 2. The molecule has 31 heavy (non-hydrogen) atoms. The third-order valence-corrected chi connectivity index (χ3v) is 5.30. The molecular formula is C24H27FN2O4. The minimum absolute atomic E-state index is 0.157. The van der Waals surface area contributed by atoms with Gasteiger partial charge in [-0.05, 0) is 55.5 Å². The monoisotopic (exact) mass is 426 g/mol. The van der Waals surface area contributed by atoms with Gasteiger partial charge in [0.15, 0.2) is 11.5 Å². The minimum atomic E-state index is -0.401. The van der Waals surface area contributed by atoms with Gasteiger partial charge >= 0.3 is 0 Å². The van der Waals surface area contributed by atoms with E-state index in [1.165, 1.54) is 32.4 Å². The van der Waals surface area contributed by atoms with Gasteiger partial charge in [-0.25, -0.2) is 4.39 Å². The molecule has 0 atom stereocenters. The smallest absolute Gasteiger partial charge is 0.256 e. The number of rotatable bonds is 6. The molecule has 1 N–H and O–H groups in total. The van der Waals surface area contributed by atoms with Crippen LogP contribution in [0.3, 0.4) is 0 Å². The first-order valence-electron chi connectivity index (χ1n) is 10.2. The van der Waals surface area contributed by atoms with Crippen LogP contribution in [0.25, 0.3) is 5.57 Å². The Labute approximate surface area is 181 Å². The average Bonchev–Trinajstić information content (AvgIpc) is 2.79. The first-order valence-corrected chi connectivity index (χ1v) is 10.2. The Bertz CT molecular complexity index is 980. The standard InChI is InChI=1S/C24H27FN2O4/c1-16(17-7-9-18(25)10-8-17)13-23(28)26-20-15-22(31-3)21(30-2)14-19(20)24(29)27-11-5-4-6-12-27/h7-10,13-15H,4-6,11-12H2,1-3H3,(H,26,28)/b16-13+. The molecule has 1 fully saturated rings. The van der Waals surface area contributed by atoms with Gasteiger partial charge in [-0.1, -0.05) is 12.1 Å². The van der Waals surface area contributed by atoms with Crippen molar-refractivity contribution < 1.29 is 23.5 Å². The number of carbonyl (C=O) groups is 2. The summed E-state index contributed by atoms with van der Waals surface area (Å²) in [5, 5.41) is 2.80. The van der Waals surface area contributed by atoms with Crippen LogP contribution >= 0.6 is 0 Å². The first-order chi connectivity index (χ1) is 14.9. The number of ether oxygens (including phenoxy) is 2. The SMILES string of the molecule is COc1cc(NC(=O)/C=C(\C)c2ccc(F)cc2)c(C(=O)N2CCCCC2)cc1OC. The maximum Gasteiger partial charge on any atom is 0.256 e. The number of anilines is 1. The highest BCUT2D eigenvalue weighted by Crippen LogP contribution is 2.34. The molecule has 6 nitrogen and oxygen atoms in total. The summed E-state index contributed by atoms with van der Waals surface area (Å²) in [6.07, 6.45) is 4.44. The van der Waals surface area contributed by atoms with Crippen molar-refractivity contribution in [3.63, 3.8) is 0 Å². The highest BCUT2D eigenvalue weighted by atomic mass is 19.1. The normalized spacial score (nSPS) is 14.2. The fourth-order valence-electron chi connectivity index (χ4n) is 3.59. The Morgan fingerprint density at radius 3 is 2.23 bits per heavy atom. The quantitative estimate of drug-likeness (QED) is 0.690. The number of nitrogens with zero attached hydrogens (tertiary/aromatic N) is 1. The summed E-state index contributed by atoms with van der Waals surface area (Å²) in [7, 11) is 2.99. The van der Waals surface area contributed by atoms with E-state index in [4.69, 9.17) is 9.47 Å². The highest BCUT2D eigenvalue weighted by Gasteiger charge is 2.24. The number of amides is 2. The van der Waals surface area contributed by atoms with Crippen molar-refractivity contribution in [3.05, 3.63) is 59.4 Å². The number of methoxy groups -OCH3 is 2. The van der Waals surface area contributed by atoms with Crippen LogP contribution in [0.4, 0.5) is 10.1 Å². The van der Waals surface area contributed by atoms with Crippen molar-refractivity contribution in [2.75, 3.05) is 32.6 Å². The van der Waals surface area contributed by atoms with Crippen LogP contribution in [0.5, 0.6) is 11.5 Å². The van der Waals surface area contributed by atoms with Gasteiger partial charge in [-0.2, -0.15) is 0 Å². The van der Waals surface area contributed by atoms with E-state index in [0.29, 0.717) is 41.4 Å². The maximum absolute atomic E-state index is 13.2. The van der Waals surface area contributed by atoms with E-state index in [9.17, 15) is 14.0 Å². The molecular weight excluding hydrogens is 399 g/mol. The Balaban J connectivity index is 1.90. The number of likely N-dealkylation sites (tertiary alicyclic amines) is 1. The van der Waals surface area contributed by atoms with Gasteiger partial charge in [0.2, 0.25) is 5.91 Å². The predicted octanol–water partition coefficient (Wildman–Crippen LogP) is 4.51. The summed E-state index contributed by atoms with van der Waals surface area (Å²) in [5.74, 6) is -0.0738. The van der Waals surface area contributed by atoms with Crippen LogP contribution in [-0.4, -0.2) is 44.0 Å². The van der Waals surface area contributed by atoms with Gasteiger partial charge < -0.3 is 19.7 Å². The summed E-state index contributed by atoms with van der Waals surface area (Å²) in [4.78, 5) is 27.7. The molecule has 164 valence electrons. The second-order valence-corrected chi connectivity index (χ2v) is 7.43. The molecule has 0 aliphatic carbocycles. The van der Waals surface area contributed by atoms with E-state index in [1.54, 1.807) is 36.1 Å². The minimum Gasteiger partial charge on any atom is -0.493 e. The Kier molecular flexibility index (Phi) is 7.28. The number of benzene rings is 2. The van der Waals surface area contributed by atoms with Crippen molar-refractivity contribution in [1.29, 1.82) is 0 Å². The summed E-state index contributed by atoms with van der Waals surface area (Å²) in [6, 6.07) is 9.09. The van der Waals surface area contributed by atoms with Gasteiger partial charge in [-0.15, -0.1) is 0 Å². The number of halogens is 1. The summed E-state index contributed by atoms with van der Waals surface area (Å²) < 4.78 is 23.9. The second kappa shape index (κ2) is 10.1. The van der Waals surface area contributed by atoms with E-state index in [2.05, 4.69) is 5.32 Å². The molecule has 0 unspecified atom stereocenters. The fraction of sp³-hybridized carbons (Fsp3) is 0.333. The number of allylic oxidation sites excluding steroid dienone is 1. The molecule has 1 saturated heterocycles. The molecule has 3 rings (SSSR count). The third kappa shape index (κ3) is 5.42. The highest BCUT2D eigenvalue weighted by molar-refractivity contribution is 6.09. The molecule has 0 saturated carbocycles. The van der Waals surface area contributed by atoms with E-state index >= 15 is 0 Å². The lowest BCUT2D eigenvalue weighted by Crippen LogP contribution is -2.36. The summed E-state index contributed by atoms with van der Waals surface area (Å²) in [5.41, 5.74) is 2.09. The van der Waals surface area contributed by atoms with Gasteiger partial charge in [-0.3, -0.25) is 9.59 Å². The topological polar surface area (TPSA) is 67.9 Å². The lowest BCUT2D eigenvalue weighted by molar-refractivity contribution is -0.111. The van der Waals surface area contributed by atoms with Crippen molar-refractivity contribution in [3.8, 4) is 11.5 Å². The molecule has 7 heteroatoms. The van der Waals surface area contributed by atoms with Gasteiger partial charge in [0.1, 0.15) is 5.82 Å². The molecule has 2 aromatic rings. The molecule has 0 bridgehead atoms. The molecule has 0 radical (unpaired) electrons. The van der Waals surface area contributed by atoms with Gasteiger partial charge in [0.05, 0.1) is 25.5 Å². The Morgan fingerprint density at radius 1 is 1.00 bits per heavy atom. The Hall–Kier alpha value is -3.35. The van der Waals surface area contributed by atoms with Crippen LogP contribution in [0, 0.1) is 5.82 Å². The van der Waals surface area contributed by atoms with Crippen LogP contribution < -0.4 is 14.8 Å². The maximum atomic E-state index is 13.2. The molecule has 0 spiro atoms. The lowest BCUT2D eigenvalue weighted by atomic mass is 10.1. The van der Waals surface area contributed by atoms with Crippen molar-refractivity contribution in [2.45, 2.75) is 26.2 Å².